The zero-order valence-corrected chi connectivity index (χ0v) is 7.84. The molecule has 0 spiro atoms. The number of carboxylic acid groups (broad SMARTS) is 1. The van der Waals surface area contributed by atoms with E-state index in [9.17, 15) is 19.4 Å². The maximum atomic E-state index is 9.92. The maximum Gasteiger partial charge on any atom is 1.00 e. The Labute approximate surface area is 93.6 Å². The van der Waals surface area contributed by atoms with E-state index in [0.717, 1.165) is 0 Å². The Morgan fingerprint density at radius 1 is 1.50 bits per heavy atom. The molecule has 0 aliphatic heterocycles. The molecule has 0 aromatic rings. The smallest absolute Gasteiger partial charge is 0.778 e. The van der Waals surface area contributed by atoms with Crippen LogP contribution in [0.4, 0.5) is 0 Å². The summed E-state index contributed by atoms with van der Waals surface area (Å²) >= 11 is 0. The van der Waals surface area contributed by atoms with Crippen LogP contribution in [-0.2, 0) is 9.36 Å². The van der Waals surface area contributed by atoms with Crippen LogP contribution in [0.3, 0.4) is 0 Å². The van der Waals surface area contributed by atoms with Crippen LogP contribution in [-0.4, -0.2) is 23.7 Å². The maximum absolute atomic E-state index is 9.92. The summed E-state index contributed by atoms with van der Waals surface area (Å²) < 4.78 is 9.92. The molecule has 0 saturated carbocycles. The molecule has 0 amide bonds. The van der Waals surface area contributed by atoms with Crippen LogP contribution in [0.1, 0.15) is 0 Å². The number of hydrogen-bond donors (Lipinski definition) is 2. The molecule has 1 unspecified atom stereocenters. The van der Waals surface area contributed by atoms with Gasteiger partial charge in [-0.2, -0.15) is 0 Å². The first-order chi connectivity index (χ1) is 4.42. The summed E-state index contributed by atoms with van der Waals surface area (Å²) in [4.78, 5) is 27.6. The molecule has 0 bridgehead atoms. The number of rotatable bonds is 4. The van der Waals surface area contributed by atoms with E-state index < -0.39 is 26.4 Å². The predicted molar refractivity (Wildman–Crippen MR) is 27.7 cm³/mol. The second-order valence-corrected chi connectivity index (χ2v) is 3.19. The zero-order valence-electron chi connectivity index (χ0n) is 6.94. The Kier molecular flexibility index (Phi) is 12.9. The van der Waals surface area contributed by atoms with Gasteiger partial charge in [0, 0.05) is 6.54 Å². The van der Waals surface area contributed by atoms with Gasteiger partial charge in [-0.1, -0.05) is 0 Å². The summed E-state index contributed by atoms with van der Waals surface area (Å²) in [5.74, 6) is -1.42. The topological polar surface area (TPSA) is 113 Å². The summed E-state index contributed by atoms with van der Waals surface area (Å²) in [6, 6.07) is 0. The average Bonchev–Trinajstić information content (AvgIpc) is 1.59. The molecular formula is C3H6Li2NO5P. The van der Waals surface area contributed by atoms with E-state index in [1.165, 1.54) is 0 Å². The monoisotopic (exact) mass is 181 g/mol. The minimum atomic E-state index is -4.37. The van der Waals surface area contributed by atoms with E-state index in [-0.39, 0.29) is 37.7 Å². The Balaban J connectivity index is -0.000000405. The molecule has 1 atom stereocenters. The molecule has 60 valence electrons. The van der Waals surface area contributed by atoms with Crippen molar-refractivity contribution in [3.05, 3.63) is 0 Å². The van der Waals surface area contributed by atoms with Crippen molar-refractivity contribution in [2.24, 2.45) is 0 Å². The molecule has 0 aromatic carbocycles. The van der Waals surface area contributed by atoms with Crippen molar-refractivity contribution in [3.8, 4) is 0 Å². The van der Waals surface area contributed by atoms with Gasteiger partial charge in [-0.15, -0.1) is 0 Å². The van der Waals surface area contributed by atoms with Crippen LogP contribution < -0.4 is 53.0 Å². The van der Waals surface area contributed by atoms with Gasteiger partial charge in [0.1, 0.15) is 7.60 Å². The first-order valence-electron chi connectivity index (χ1n) is 2.35. The van der Waals surface area contributed by atoms with Gasteiger partial charge in [0.2, 0.25) is 0 Å². The largest absolute Gasteiger partial charge is 1.00 e. The minimum absolute atomic E-state index is 0. The number of aliphatic carboxylic acids is 1. The molecule has 0 aliphatic carbocycles. The van der Waals surface area contributed by atoms with E-state index in [1.54, 1.807) is 0 Å². The molecule has 0 rings (SSSR count). The fraction of sp³-hybridized carbons (Fsp3) is 0.667. The van der Waals surface area contributed by atoms with Crippen LogP contribution in [0.25, 0.3) is 0 Å². The molecule has 2 N–H and O–H groups in total. The summed E-state index contributed by atoms with van der Waals surface area (Å²) in [6.45, 7) is -0.590. The van der Waals surface area contributed by atoms with Crippen LogP contribution in [0.5, 0.6) is 0 Å². The number of nitrogens with one attached hydrogen (secondary N) is 1. The van der Waals surface area contributed by atoms with Crippen molar-refractivity contribution in [2.75, 3.05) is 12.8 Å². The van der Waals surface area contributed by atoms with Crippen LogP contribution in [0.15, 0.2) is 0 Å². The fourth-order valence-corrected chi connectivity index (χ4v) is 0.694. The third-order valence-electron chi connectivity index (χ3n) is 0.581. The Morgan fingerprint density at radius 2 is 1.92 bits per heavy atom. The van der Waals surface area contributed by atoms with Gasteiger partial charge < -0.3 is 29.6 Å². The molecule has 0 radical (unpaired) electrons. The van der Waals surface area contributed by atoms with E-state index in [1.807, 2.05) is 5.32 Å². The van der Waals surface area contributed by atoms with E-state index >= 15 is 0 Å². The van der Waals surface area contributed by atoms with Crippen LogP contribution in [0, 0.1) is 0 Å². The first kappa shape index (κ1) is 18.5. The number of hydrogen-bond acceptors (Lipinski definition) is 5. The molecule has 6 nitrogen and oxygen atoms in total. The molecule has 12 heavy (non-hydrogen) atoms. The van der Waals surface area contributed by atoms with Crippen LogP contribution >= 0.6 is 7.60 Å². The summed E-state index contributed by atoms with van der Waals surface area (Å²) in [5, 5.41) is 11.6. The molecule has 0 aliphatic rings. The van der Waals surface area contributed by atoms with E-state index in [4.69, 9.17) is 4.89 Å². The van der Waals surface area contributed by atoms with Crippen molar-refractivity contribution >= 4 is 13.6 Å². The Bertz CT molecular complexity index is 170. The van der Waals surface area contributed by atoms with Crippen LogP contribution in [0.2, 0.25) is 0 Å². The second-order valence-electron chi connectivity index (χ2n) is 1.59. The number of carbonyl (C=O) groups excluding carboxylic acids is 1. The van der Waals surface area contributed by atoms with Crippen molar-refractivity contribution in [2.45, 2.75) is 0 Å². The standard InChI is InChI=1S/C3H8NO5P.2Li/c5-3(6)1-4-2-10(7,8)9;;/h4H,1-2H2,(H,5,6)(H2,7,8,9);;/q;2*+1/p-2. The number of carbonyl (C=O) groups is 1. The fourth-order valence-electron chi connectivity index (χ4n) is 0.299. The molecule has 0 heterocycles. The van der Waals surface area contributed by atoms with Gasteiger partial charge in [0.15, 0.2) is 0 Å². The SMILES string of the molecule is O=C([O-])CNCP(=O)([O-])O.[Li+].[Li+]. The van der Waals surface area contributed by atoms with Gasteiger partial charge in [-0.05, 0) is 0 Å². The van der Waals surface area contributed by atoms with Gasteiger partial charge in [0.05, 0.1) is 12.3 Å². The Morgan fingerprint density at radius 3 is 2.17 bits per heavy atom. The molecule has 0 saturated heterocycles. The molecular weight excluding hydrogens is 175 g/mol. The van der Waals surface area contributed by atoms with Crippen molar-refractivity contribution < 1.29 is 62.0 Å². The van der Waals surface area contributed by atoms with Crippen molar-refractivity contribution in [1.82, 2.24) is 5.32 Å². The second kappa shape index (κ2) is 8.38. The van der Waals surface area contributed by atoms with Gasteiger partial charge in [-0.25, -0.2) is 0 Å². The third-order valence-corrected chi connectivity index (χ3v) is 1.20. The first-order valence-corrected chi connectivity index (χ1v) is 4.11. The van der Waals surface area contributed by atoms with E-state index in [0.29, 0.717) is 0 Å². The number of carboxylic acids is 1. The Hall–Kier alpha value is 0.775. The molecule has 9 heteroatoms. The van der Waals surface area contributed by atoms with Gasteiger partial charge in [0.25, 0.3) is 0 Å². The predicted octanol–water partition coefficient (Wildman–Crippen LogP) is -9.16. The summed E-state index contributed by atoms with van der Waals surface area (Å²) in [5.41, 5.74) is 0. The summed E-state index contributed by atoms with van der Waals surface area (Å²) in [7, 11) is -4.37. The normalized spacial score (nSPS) is 13.5. The average molecular weight is 181 g/mol. The van der Waals surface area contributed by atoms with E-state index in [2.05, 4.69) is 0 Å². The van der Waals surface area contributed by atoms with Crippen molar-refractivity contribution in [1.29, 1.82) is 0 Å². The quantitative estimate of drug-likeness (QED) is 0.329. The summed E-state index contributed by atoms with van der Waals surface area (Å²) in [6.07, 6.45) is -0.749. The molecule has 0 fully saturated rings. The third kappa shape index (κ3) is 17.0. The van der Waals surface area contributed by atoms with Gasteiger partial charge >= 0.3 is 37.7 Å². The zero-order chi connectivity index (χ0) is 8.20. The van der Waals surface area contributed by atoms with Gasteiger partial charge in [-0.3, -0.25) is 0 Å². The molecule has 0 aromatic heterocycles. The van der Waals surface area contributed by atoms with Crippen molar-refractivity contribution in [3.63, 3.8) is 0 Å². The minimum Gasteiger partial charge on any atom is -0.778 e.